The Bertz CT molecular complexity index is 390. The van der Waals surface area contributed by atoms with Crippen molar-refractivity contribution in [2.24, 2.45) is 0 Å². The predicted octanol–water partition coefficient (Wildman–Crippen LogP) is 0.521. The fourth-order valence-corrected chi connectivity index (χ4v) is 2.23. The van der Waals surface area contributed by atoms with Crippen LogP contribution in [0, 0.1) is 13.8 Å². The van der Waals surface area contributed by atoms with Crippen molar-refractivity contribution in [3.8, 4) is 0 Å². The molecule has 0 unspecified atom stereocenters. The zero-order valence-corrected chi connectivity index (χ0v) is 9.01. The first kappa shape index (κ1) is 11.2. The molecular weight excluding hydrogens is 208 g/mol. The number of hydrogen-bond donors (Lipinski definition) is 1. The van der Waals surface area contributed by atoms with Gasteiger partial charge in [0.05, 0.1) is 6.61 Å². The lowest BCUT2D eigenvalue weighted by Gasteiger charge is -2.03. The molecule has 0 aliphatic carbocycles. The van der Waals surface area contributed by atoms with Crippen LogP contribution in [0.3, 0.4) is 0 Å². The Kier molecular flexibility index (Phi) is 3.25. The summed E-state index contributed by atoms with van der Waals surface area (Å²) in [7, 11) is -3.67. The summed E-state index contributed by atoms with van der Waals surface area (Å²) < 4.78 is 27.9. The van der Waals surface area contributed by atoms with Gasteiger partial charge in [0.2, 0.25) is 0 Å². The lowest BCUT2D eigenvalue weighted by Crippen LogP contribution is -2.24. The third-order valence-corrected chi connectivity index (χ3v) is 3.01. The molecule has 80 valence electrons. The van der Waals surface area contributed by atoms with Crippen LogP contribution in [0.25, 0.3) is 0 Å². The minimum Gasteiger partial charge on any atom is -0.360 e. The molecule has 1 rings (SSSR count). The van der Waals surface area contributed by atoms with E-state index in [0.717, 1.165) is 0 Å². The monoisotopic (exact) mass is 220 g/mol. The van der Waals surface area contributed by atoms with Gasteiger partial charge in [0.15, 0.2) is 5.76 Å². The highest BCUT2D eigenvalue weighted by molar-refractivity contribution is 7.89. The Hall–Kier alpha value is -0.920. The Labute approximate surface area is 82.2 Å². The highest BCUT2D eigenvalue weighted by Crippen LogP contribution is 2.18. The van der Waals surface area contributed by atoms with E-state index in [2.05, 4.69) is 9.99 Å². The lowest BCUT2D eigenvalue weighted by molar-refractivity contribution is 0.105. The van der Waals surface area contributed by atoms with Crippen LogP contribution in [0.15, 0.2) is 9.42 Å². The molecule has 0 amide bonds. The molecule has 0 saturated carbocycles. The van der Waals surface area contributed by atoms with E-state index in [1.165, 1.54) is 6.92 Å². The van der Waals surface area contributed by atoms with Gasteiger partial charge in [0.25, 0.3) is 10.0 Å². The Balaban J connectivity index is 3.04. The van der Waals surface area contributed by atoms with Crippen molar-refractivity contribution in [2.45, 2.75) is 25.7 Å². The fourth-order valence-electron chi connectivity index (χ4n) is 1.04. The van der Waals surface area contributed by atoms with Crippen LogP contribution in [-0.2, 0) is 14.9 Å². The van der Waals surface area contributed by atoms with Crippen molar-refractivity contribution in [1.29, 1.82) is 0 Å². The maximum atomic E-state index is 11.6. The number of nitrogens with one attached hydrogen (secondary N) is 1. The predicted molar refractivity (Wildman–Crippen MR) is 47.9 cm³/mol. The van der Waals surface area contributed by atoms with Gasteiger partial charge in [-0.15, -0.1) is 0 Å². The highest BCUT2D eigenvalue weighted by Gasteiger charge is 2.23. The first-order valence-corrected chi connectivity index (χ1v) is 5.53. The summed E-state index contributed by atoms with van der Waals surface area (Å²) in [6, 6.07) is 0. The van der Waals surface area contributed by atoms with E-state index in [-0.39, 0.29) is 17.3 Å². The largest absolute Gasteiger partial charge is 0.360 e. The average Bonchev–Trinajstić information content (AvgIpc) is 2.43. The standard InChI is InChI=1S/C7H12N2O4S/c1-4-12-9-14(10,11)7-5(2)8-13-6(7)3/h9H,4H2,1-3H3. The molecule has 0 saturated heterocycles. The topological polar surface area (TPSA) is 81.4 Å². The Morgan fingerprint density at radius 2 is 2.14 bits per heavy atom. The van der Waals surface area contributed by atoms with Gasteiger partial charge in [-0.1, -0.05) is 10.0 Å². The summed E-state index contributed by atoms with van der Waals surface area (Å²) in [4.78, 5) is 6.62. The van der Waals surface area contributed by atoms with E-state index < -0.39 is 10.0 Å². The van der Waals surface area contributed by atoms with Crippen LogP contribution in [0.4, 0.5) is 0 Å². The second-order valence-corrected chi connectivity index (χ2v) is 4.25. The van der Waals surface area contributed by atoms with Crippen LogP contribution < -0.4 is 4.89 Å². The molecule has 0 aliphatic rings. The van der Waals surface area contributed by atoms with Gasteiger partial charge in [-0.2, -0.15) is 0 Å². The molecule has 0 radical (unpaired) electrons. The van der Waals surface area contributed by atoms with Gasteiger partial charge < -0.3 is 4.52 Å². The van der Waals surface area contributed by atoms with Crippen molar-refractivity contribution in [1.82, 2.24) is 10.0 Å². The van der Waals surface area contributed by atoms with Crippen molar-refractivity contribution in [3.63, 3.8) is 0 Å². The normalized spacial score (nSPS) is 11.9. The van der Waals surface area contributed by atoms with E-state index in [9.17, 15) is 8.42 Å². The van der Waals surface area contributed by atoms with E-state index in [1.54, 1.807) is 13.8 Å². The summed E-state index contributed by atoms with van der Waals surface area (Å²) >= 11 is 0. The third-order valence-electron chi connectivity index (χ3n) is 1.55. The number of aryl methyl sites for hydroxylation is 2. The van der Waals surface area contributed by atoms with Crippen molar-refractivity contribution < 1.29 is 17.8 Å². The van der Waals surface area contributed by atoms with Crippen LogP contribution in [0.5, 0.6) is 0 Å². The highest BCUT2D eigenvalue weighted by atomic mass is 32.2. The molecule has 0 atom stereocenters. The minimum absolute atomic E-state index is 0.0333. The first-order chi connectivity index (χ1) is 6.49. The fraction of sp³-hybridized carbons (Fsp3) is 0.571. The number of nitrogens with zero attached hydrogens (tertiary/aromatic N) is 1. The molecule has 1 heterocycles. The molecule has 1 aromatic rings. The van der Waals surface area contributed by atoms with E-state index in [4.69, 9.17) is 4.52 Å². The Morgan fingerprint density at radius 3 is 2.57 bits per heavy atom. The maximum Gasteiger partial charge on any atom is 0.267 e. The van der Waals surface area contributed by atoms with E-state index >= 15 is 0 Å². The van der Waals surface area contributed by atoms with Gasteiger partial charge in [-0.3, -0.25) is 4.84 Å². The summed E-state index contributed by atoms with van der Waals surface area (Å²) in [5.41, 5.74) is 0.315. The summed E-state index contributed by atoms with van der Waals surface area (Å²) in [5, 5.41) is 3.54. The Morgan fingerprint density at radius 1 is 1.50 bits per heavy atom. The molecule has 0 spiro atoms. The minimum atomic E-state index is -3.67. The summed E-state index contributed by atoms with van der Waals surface area (Å²) in [5.74, 6) is 0.245. The van der Waals surface area contributed by atoms with E-state index in [1.807, 2.05) is 4.89 Å². The average molecular weight is 220 g/mol. The molecule has 0 aliphatic heterocycles. The first-order valence-electron chi connectivity index (χ1n) is 4.05. The molecule has 1 aromatic heterocycles. The summed E-state index contributed by atoms with van der Waals surface area (Å²) in [6.45, 7) is 5.01. The zero-order valence-electron chi connectivity index (χ0n) is 8.20. The van der Waals surface area contributed by atoms with Crippen LogP contribution in [-0.4, -0.2) is 20.2 Å². The van der Waals surface area contributed by atoms with Crippen LogP contribution in [0.2, 0.25) is 0 Å². The molecule has 14 heavy (non-hydrogen) atoms. The van der Waals surface area contributed by atoms with Gasteiger partial charge >= 0.3 is 0 Å². The second-order valence-electron chi connectivity index (χ2n) is 2.67. The lowest BCUT2D eigenvalue weighted by atomic mass is 10.4. The summed E-state index contributed by atoms with van der Waals surface area (Å²) in [6.07, 6.45) is 0. The van der Waals surface area contributed by atoms with Crippen molar-refractivity contribution in [3.05, 3.63) is 11.5 Å². The van der Waals surface area contributed by atoms with Crippen molar-refractivity contribution >= 4 is 10.0 Å². The second kappa shape index (κ2) is 4.07. The third kappa shape index (κ3) is 2.11. The molecule has 1 N–H and O–H groups in total. The smallest absolute Gasteiger partial charge is 0.267 e. The maximum absolute atomic E-state index is 11.6. The molecule has 0 fully saturated rings. The number of aromatic nitrogens is 1. The van der Waals surface area contributed by atoms with Crippen molar-refractivity contribution in [2.75, 3.05) is 6.61 Å². The van der Waals surface area contributed by atoms with E-state index in [0.29, 0.717) is 5.69 Å². The van der Waals surface area contributed by atoms with Gasteiger partial charge in [0.1, 0.15) is 10.6 Å². The van der Waals surface area contributed by atoms with Crippen LogP contribution in [0.1, 0.15) is 18.4 Å². The quantitative estimate of drug-likeness (QED) is 0.748. The molecule has 0 aromatic carbocycles. The molecular formula is C7H12N2O4S. The zero-order chi connectivity index (χ0) is 10.8. The molecule has 0 bridgehead atoms. The number of rotatable bonds is 4. The van der Waals surface area contributed by atoms with Crippen LogP contribution >= 0.6 is 0 Å². The van der Waals surface area contributed by atoms with Gasteiger partial charge in [-0.05, 0) is 20.8 Å². The van der Waals surface area contributed by atoms with Gasteiger partial charge in [-0.25, -0.2) is 8.42 Å². The molecule has 7 heteroatoms. The molecule has 6 nitrogen and oxygen atoms in total. The van der Waals surface area contributed by atoms with Gasteiger partial charge in [0, 0.05) is 0 Å². The number of hydrogen-bond acceptors (Lipinski definition) is 5. The number of sulfonamides is 1. The SMILES string of the molecule is CCONS(=O)(=O)c1c(C)noc1C.